The molecule has 1 aromatic rings. The molecule has 1 amide bonds. The Kier molecular flexibility index (Phi) is 8.88. The van der Waals surface area contributed by atoms with Gasteiger partial charge in [-0.3, -0.25) is 4.79 Å². The van der Waals surface area contributed by atoms with Crippen molar-refractivity contribution < 1.29 is 4.79 Å². The molecule has 6 heteroatoms. The summed E-state index contributed by atoms with van der Waals surface area (Å²) in [6.45, 7) is 1.57. The van der Waals surface area contributed by atoms with Crippen LogP contribution >= 0.6 is 24.0 Å². The maximum Gasteiger partial charge on any atom is 0.241 e. The largest absolute Gasteiger partial charge is 0.370 e. The Bertz CT molecular complexity index is 474. The molecule has 2 rings (SSSR count). The average Bonchev–Trinajstić information content (AvgIpc) is 2.45. The summed E-state index contributed by atoms with van der Waals surface area (Å²) in [5.41, 5.74) is 6.94. The molecule has 122 valence electrons. The molecule has 22 heavy (non-hydrogen) atoms. The van der Waals surface area contributed by atoms with E-state index >= 15 is 0 Å². The number of carbonyl (C=O) groups excluding carboxylic acids is 1. The van der Waals surface area contributed by atoms with Crippen molar-refractivity contribution in [2.75, 3.05) is 19.6 Å². The SMILES string of the molecule is I.NC(=NCC(=O)NCCc1ccccc1)NCC1CCC1. The lowest BCUT2D eigenvalue weighted by molar-refractivity contribution is -0.119. The Morgan fingerprint density at radius 1 is 1.23 bits per heavy atom. The first-order valence-corrected chi connectivity index (χ1v) is 7.58. The fraction of sp³-hybridized carbons (Fsp3) is 0.500. The van der Waals surface area contributed by atoms with Crippen LogP contribution in [0, 0.1) is 5.92 Å². The monoisotopic (exact) mass is 416 g/mol. The highest BCUT2D eigenvalue weighted by Gasteiger charge is 2.16. The molecule has 0 unspecified atom stereocenters. The number of hydrogen-bond acceptors (Lipinski definition) is 2. The summed E-state index contributed by atoms with van der Waals surface area (Å²) >= 11 is 0. The van der Waals surface area contributed by atoms with E-state index in [9.17, 15) is 4.79 Å². The number of amides is 1. The van der Waals surface area contributed by atoms with E-state index in [1.165, 1.54) is 24.8 Å². The second kappa shape index (κ2) is 10.4. The zero-order valence-corrected chi connectivity index (χ0v) is 15.1. The molecule has 0 bridgehead atoms. The number of aliphatic imine (C=N–C) groups is 1. The molecule has 1 aliphatic carbocycles. The predicted molar refractivity (Wildman–Crippen MR) is 100 cm³/mol. The molecular formula is C16H25IN4O. The first-order valence-electron chi connectivity index (χ1n) is 7.58. The second-order valence-electron chi connectivity index (χ2n) is 5.46. The molecule has 5 nitrogen and oxygen atoms in total. The van der Waals surface area contributed by atoms with Gasteiger partial charge in [0.15, 0.2) is 5.96 Å². The molecule has 0 radical (unpaired) electrons. The maximum absolute atomic E-state index is 11.6. The van der Waals surface area contributed by atoms with Gasteiger partial charge in [-0.1, -0.05) is 36.8 Å². The van der Waals surface area contributed by atoms with Crippen LogP contribution in [0.3, 0.4) is 0 Å². The molecule has 1 aliphatic rings. The van der Waals surface area contributed by atoms with Crippen LogP contribution in [0.1, 0.15) is 24.8 Å². The number of nitrogens with zero attached hydrogens (tertiary/aromatic N) is 1. The highest BCUT2D eigenvalue weighted by molar-refractivity contribution is 14.0. The fourth-order valence-corrected chi connectivity index (χ4v) is 2.21. The van der Waals surface area contributed by atoms with Crippen molar-refractivity contribution in [3.05, 3.63) is 35.9 Å². The number of carbonyl (C=O) groups is 1. The molecule has 4 N–H and O–H groups in total. The van der Waals surface area contributed by atoms with Gasteiger partial charge in [-0.25, -0.2) is 4.99 Å². The Morgan fingerprint density at radius 2 is 1.95 bits per heavy atom. The molecule has 0 saturated heterocycles. The number of nitrogens with one attached hydrogen (secondary N) is 2. The van der Waals surface area contributed by atoms with Crippen LogP contribution in [-0.4, -0.2) is 31.5 Å². The second-order valence-corrected chi connectivity index (χ2v) is 5.46. The highest BCUT2D eigenvalue weighted by Crippen LogP contribution is 2.24. The number of nitrogens with two attached hydrogens (primary N) is 1. The van der Waals surface area contributed by atoms with Gasteiger partial charge >= 0.3 is 0 Å². The molecule has 0 spiro atoms. The van der Waals surface area contributed by atoms with Crippen molar-refractivity contribution in [2.45, 2.75) is 25.7 Å². The van der Waals surface area contributed by atoms with Crippen LogP contribution in [0.2, 0.25) is 0 Å². The van der Waals surface area contributed by atoms with Gasteiger partial charge in [0.2, 0.25) is 5.91 Å². The predicted octanol–water partition coefficient (Wildman–Crippen LogP) is 1.67. The van der Waals surface area contributed by atoms with E-state index in [4.69, 9.17) is 5.73 Å². The van der Waals surface area contributed by atoms with Crippen molar-refractivity contribution in [3.63, 3.8) is 0 Å². The fourth-order valence-electron chi connectivity index (χ4n) is 2.21. The topological polar surface area (TPSA) is 79.5 Å². The van der Waals surface area contributed by atoms with E-state index in [1.807, 2.05) is 30.3 Å². The number of halogens is 1. The minimum Gasteiger partial charge on any atom is -0.370 e. The zero-order chi connectivity index (χ0) is 14.9. The molecule has 0 heterocycles. The Balaban J connectivity index is 0.00000242. The molecular weight excluding hydrogens is 391 g/mol. The lowest BCUT2D eigenvalue weighted by Gasteiger charge is -2.25. The molecule has 0 aromatic heterocycles. The summed E-state index contributed by atoms with van der Waals surface area (Å²) in [5.74, 6) is 0.984. The Labute approximate surface area is 149 Å². The summed E-state index contributed by atoms with van der Waals surface area (Å²) in [6.07, 6.45) is 4.67. The number of hydrogen-bond donors (Lipinski definition) is 3. The third-order valence-electron chi connectivity index (χ3n) is 3.77. The highest BCUT2D eigenvalue weighted by atomic mass is 127. The Morgan fingerprint density at radius 3 is 2.59 bits per heavy atom. The van der Waals surface area contributed by atoms with Crippen LogP contribution in [-0.2, 0) is 11.2 Å². The minimum atomic E-state index is -0.0978. The van der Waals surface area contributed by atoms with Gasteiger partial charge in [-0.05, 0) is 30.7 Å². The molecule has 1 saturated carbocycles. The van der Waals surface area contributed by atoms with Gasteiger partial charge in [0, 0.05) is 13.1 Å². The molecule has 0 aliphatic heterocycles. The van der Waals surface area contributed by atoms with E-state index in [0.29, 0.717) is 12.5 Å². The van der Waals surface area contributed by atoms with Gasteiger partial charge in [-0.2, -0.15) is 0 Å². The van der Waals surface area contributed by atoms with Gasteiger partial charge < -0.3 is 16.4 Å². The van der Waals surface area contributed by atoms with Crippen LogP contribution in [0.15, 0.2) is 35.3 Å². The van der Waals surface area contributed by atoms with Crippen molar-refractivity contribution in [3.8, 4) is 0 Å². The smallest absolute Gasteiger partial charge is 0.241 e. The van der Waals surface area contributed by atoms with Crippen LogP contribution < -0.4 is 16.4 Å². The third-order valence-corrected chi connectivity index (χ3v) is 3.77. The van der Waals surface area contributed by atoms with Crippen LogP contribution in [0.25, 0.3) is 0 Å². The van der Waals surface area contributed by atoms with Gasteiger partial charge in [0.05, 0.1) is 0 Å². The Hall–Kier alpha value is -1.31. The van der Waals surface area contributed by atoms with E-state index in [2.05, 4.69) is 15.6 Å². The van der Waals surface area contributed by atoms with Crippen LogP contribution in [0.4, 0.5) is 0 Å². The van der Waals surface area contributed by atoms with E-state index < -0.39 is 0 Å². The van der Waals surface area contributed by atoms with Gasteiger partial charge in [-0.15, -0.1) is 24.0 Å². The van der Waals surface area contributed by atoms with Crippen molar-refractivity contribution >= 4 is 35.8 Å². The van der Waals surface area contributed by atoms with E-state index in [-0.39, 0.29) is 36.4 Å². The molecule has 1 fully saturated rings. The summed E-state index contributed by atoms with van der Waals surface area (Å²) in [5, 5.41) is 5.91. The number of benzene rings is 1. The number of guanidine groups is 1. The summed E-state index contributed by atoms with van der Waals surface area (Å²) in [7, 11) is 0. The van der Waals surface area contributed by atoms with E-state index in [1.54, 1.807) is 0 Å². The lowest BCUT2D eigenvalue weighted by atomic mass is 9.85. The van der Waals surface area contributed by atoms with Gasteiger partial charge in [0.25, 0.3) is 0 Å². The average molecular weight is 416 g/mol. The van der Waals surface area contributed by atoms with Crippen LogP contribution in [0.5, 0.6) is 0 Å². The third kappa shape index (κ3) is 7.11. The quantitative estimate of drug-likeness (QED) is 0.360. The van der Waals surface area contributed by atoms with Crippen molar-refractivity contribution in [1.29, 1.82) is 0 Å². The first-order chi connectivity index (χ1) is 10.2. The molecule has 0 atom stereocenters. The first kappa shape index (κ1) is 18.7. The van der Waals surface area contributed by atoms with Gasteiger partial charge in [0.1, 0.15) is 6.54 Å². The summed E-state index contributed by atoms with van der Waals surface area (Å²) in [6, 6.07) is 10.1. The standard InChI is InChI=1S/C16H24N4O.HI/c17-16(19-11-14-7-4-8-14)20-12-15(21)18-10-9-13-5-2-1-3-6-13;/h1-3,5-6,14H,4,7-12H2,(H,18,21)(H3,17,19,20);1H. The number of rotatable bonds is 7. The lowest BCUT2D eigenvalue weighted by Crippen LogP contribution is -2.38. The van der Waals surface area contributed by atoms with Crippen molar-refractivity contribution in [1.82, 2.24) is 10.6 Å². The van der Waals surface area contributed by atoms with E-state index in [0.717, 1.165) is 18.9 Å². The minimum absolute atomic E-state index is 0. The normalized spacial score (nSPS) is 14.6. The zero-order valence-electron chi connectivity index (χ0n) is 12.8. The molecule has 1 aromatic carbocycles. The van der Waals surface area contributed by atoms with Crippen molar-refractivity contribution in [2.24, 2.45) is 16.6 Å². The summed E-state index contributed by atoms with van der Waals surface area (Å²) in [4.78, 5) is 15.7. The maximum atomic E-state index is 11.6. The summed E-state index contributed by atoms with van der Waals surface area (Å²) < 4.78 is 0.